The molecule has 26 heavy (non-hydrogen) atoms. The Bertz CT molecular complexity index is 699. The summed E-state index contributed by atoms with van der Waals surface area (Å²) in [5.74, 6) is 5.10. The quantitative estimate of drug-likeness (QED) is 0.307. The average molecular weight is 381 g/mol. The molecule has 0 atom stereocenters. The summed E-state index contributed by atoms with van der Waals surface area (Å²) in [4.78, 5) is 10.4. The van der Waals surface area contributed by atoms with Crippen LogP contribution in [0.4, 0.5) is 5.69 Å². The van der Waals surface area contributed by atoms with Crippen LogP contribution in [0.25, 0.3) is 0 Å². The number of nitrogens with two attached hydrogens (primary N) is 1. The molecule has 0 aliphatic heterocycles. The molecule has 3 rings (SSSR count). The maximum atomic E-state index is 10.4. The molecule has 4 nitrogen and oxygen atoms in total. The first kappa shape index (κ1) is 26.6. The molecule has 4 N–H and O–H groups in total. The van der Waals surface area contributed by atoms with Crippen LogP contribution >= 0.6 is 11.6 Å². The minimum Gasteiger partial charge on any atom is -0.870 e. The first-order chi connectivity index (χ1) is 11.6. The summed E-state index contributed by atoms with van der Waals surface area (Å²) >= 11 is 5.16. The van der Waals surface area contributed by atoms with Gasteiger partial charge < -0.3 is 10.9 Å². The largest absolute Gasteiger partial charge is 1.00 e. The molecule has 0 heterocycles. The number of para-hydroxylation sites is 1. The molecule has 0 unspecified atom stereocenters. The zero-order valence-electron chi connectivity index (χ0n) is 15.0. The minimum atomic E-state index is -0.407. The molecular weight excluding hydrogens is 359 g/mol. The molecular formula is C20H22ClN2NaO2. The number of hydrazine groups is 1. The van der Waals surface area contributed by atoms with E-state index < -0.39 is 5.24 Å². The second-order valence-electron chi connectivity index (χ2n) is 4.80. The van der Waals surface area contributed by atoms with Crippen LogP contribution in [0.3, 0.4) is 0 Å². The molecule has 0 saturated carbocycles. The average Bonchev–Trinajstić information content (AvgIpc) is 2.65. The summed E-state index contributed by atoms with van der Waals surface area (Å²) in [6.07, 6.45) is 0. The second-order valence-corrected chi connectivity index (χ2v) is 5.15. The molecule has 0 radical (unpaired) electrons. The summed E-state index contributed by atoms with van der Waals surface area (Å²) in [7, 11) is 0. The number of rotatable bonds is 2. The molecule has 0 fully saturated rings. The van der Waals surface area contributed by atoms with Gasteiger partial charge in [-0.25, -0.2) is 0 Å². The molecule has 0 saturated heterocycles. The Morgan fingerprint density at radius 2 is 1.19 bits per heavy atom. The monoisotopic (exact) mass is 380 g/mol. The van der Waals surface area contributed by atoms with Crippen LogP contribution in [0.1, 0.15) is 15.9 Å². The molecule has 0 bridgehead atoms. The number of hydrogen-bond acceptors (Lipinski definition) is 4. The zero-order chi connectivity index (χ0) is 17.6. The van der Waals surface area contributed by atoms with E-state index in [2.05, 4.69) is 24.5 Å². The van der Waals surface area contributed by atoms with E-state index in [1.165, 1.54) is 5.56 Å². The van der Waals surface area contributed by atoms with Crippen LogP contribution in [0.15, 0.2) is 91.0 Å². The van der Waals surface area contributed by atoms with Crippen LogP contribution in [0, 0.1) is 6.92 Å². The predicted octanol–water partition coefficient (Wildman–Crippen LogP) is 1.86. The van der Waals surface area contributed by atoms with Crippen molar-refractivity contribution >= 4 is 22.5 Å². The molecule has 0 aromatic heterocycles. The van der Waals surface area contributed by atoms with Gasteiger partial charge in [-0.15, -0.1) is 0 Å². The number of carbonyl (C=O) groups is 1. The summed E-state index contributed by atoms with van der Waals surface area (Å²) in [6, 6.07) is 28.6. The summed E-state index contributed by atoms with van der Waals surface area (Å²) < 4.78 is 0. The third kappa shape index (κ3) is 12.7. The van der Waals surface area contributed by atoms with Gasteiger partial charge in [0.15, 0.2) is 0 Å². The van der Waals surface area contributed by atoms with E-state index >= 15 is 0 Å². The summed E-state index contributed by atoms with van der Waals surface area (Å²) in [5.41, 5.74) is 5.33. The van der Waals surface area contributed by atoms with E-state index in [0.717, 1.165) is 5.69 Å². The topological polar surface area (TPSA) is 85.1 Å². The second kappa shape index (κ2) is 16.8. The Kier molecular flexibility index (Phi) is 17.2. The van der Waals surface area contributed by atoms with Crippen molar-refractivity contribution in [2.24, 2.45) is 5.84 Å². The van der Waals surface area contributed by atoms with Crippen LogP contribution in [0.5, 0.6) is 0 Å². The minimum absolute atomic E-state index is 0. The van der Waals surface area contributed by atoms with Gasteiger partial charge in [-0.05, 0) is 30.7 Å². The maximum absolute atomic E-state index is 10.4. The smallest absolute Gasteiger partial charge is 0.870 e. The number of aryl methyl sites for hydroxylation is 1. The van der Waals surface area contributed by atoms with E-state index in [9.17, 15) is 4.79 Å². The molecule has 132 valence electrons. The van der Waals surface area contributed by atoms with E-state index in [1.807, 2.05) is 54.6 Å². The molecule has 6 heteroatoms. The Balaban J connectivity index is 0. The zero-order valence-corrected chi connectivity index (χ0v) is 17.7. The van der Waals surface area contributed by atoms with Crippen molar-refractivity contribution in [1.82, 2.24) is 0 Å². The van der Waals surface area contributed by atoms with E-state index in [-0.39, 0.29) is 35.0 Å². The van der Waals surface area contributed by atoms with Crippen molar-refractivity contribution in [3.63, 3.8) is 0 Å². The molecule has 0 aliphatic rings. The Morgan fingerprint density at radius 1 is 0.808 bits per heavy atom. The molecule has 3 aromatic rings. The van der Waals surface area contributed by atoms with Gasteiger partial charge in [0.2, 0.25) is 0 Å². The summed E-state index contributed by atoms with van der Waals surface area (Å²) in [6.45, 7) is 2.08. The summed E-state index contributed by atoms with van der Waals surface area (Å²) in [5, 5.41) is -0.407. The van der Waals surface area contributed by atoms with Crippen molar-refractivity contribution in [2.75, 3.05) is 5.43 Å². The molecule has 0 aliphatic carbocycles. The third-order valence-electron chi connectivity index (χ3n) is 2.88. The van der Waals surface area contributed by atoms with Gasteiger partial charge in [0.1, 0.15) is 0 Å². The number of carbonyl (C=O) groups excluding carboxylic acids is 1. The van der Waals surface area contributed by atoms with Crippen molar-refractivity contribution in [3.8, 4) is 0 Å². The van der Waals surface area contributed by atoms with Gasteiger partial charge >= 0.3 is 29.6 Å². The van der Waals surface area contributed by atoms with Gasteiger partial charge in [-0.1, -0.05) is 84.4 Å². The maximum Gasteiger partial charge on any atom is 1.00 e. The van der Waals surface area contributed by atoms with E-state index in [1.54, 1.807) is 24.3 Å². The number of nitrogen functional groups attached to an aromatic ring is 1. The SMILES string of the molecule is Cc1ccccc1.NNc1ccccc1.O=C(Cl)c1ccccc1.[Na+].[OH-]. The Hall–Kier alpha value is -1.66. The molecule has 3 aromatic carbocycles. The van der Waals surface area contributed by atoms with Crippen molar-refractivity contribution in [3.05, 3.63) is 102 Å². The van der Waals surface area contributed by atoms with Crippen molar-refractivity contribution in [2.45, 2.75) is 6.92 Å². The number of halogens is 1. The van der Waals surface area contributed by atoms with Crippen LogP contribution in [-0.4, -0.2) is 10.7 Å². The predicted molar refractivity (Wildman–Crippen MR) is 104 cm³/mol. The molecule has 0 spiro atoms. The fourth-order valence-corrected chi connectivity index (χ4v) is 1.76. The number of hydrogen-bond donors (Lipinski definition) is 2. The van der Waals surface area contributed by atoms with Gasteiger partial charge in [0, 0.05) is 11.3 Å². The van der Waals surface area contributed by atoms with Gasteiger partial charge in [0.05, 0.1) is 0 Å². The first-order valence-corrected chi connectivity index (χ1v) is 7.79. The Morgan fingerprint density at radius 3 is 1.42 bits per heavy atom. The van der Waals surface area contributed by atoms with Crippen molar-refractivity contribution in [1.29, 1.82) is 0 Å². The number of anilines is 1. The fourth-order valence-electron chi connectivity index (χ4n) is 1.64. The van der Waals surface area contributed by atoms with Crippen molar-refractivity contribution < 1.29 is 39.8 Å². The van der Waals surface area contributed by atoms with E-state index in [0.29, 0.717) is 5.56 Å². The Labute approximate surface area is 182 Å². The third-order valence-corrected chi connectivity index (χ3v) is 3.10. The fraction of sp³-hybridized carbons (Fsp3) is 0.0500. The normalized spacial score (nSPS) is 8.12. The van der Waals surface area contributed by atoms with Crippen LogP contribution in [-0.2, 0) is 0 Å². The standard InChI is InChI=1S/C7H5ClO.C7H8.C6H8N2.Na.H2O/c8-7(9)6-4-2-1-3-5-6;1-7-5-3-2-4-6-7;7-8-6-4-2-1-3-5-6;;/h1-5H;2-6H,1H3;1-5,8H,7H2;;1H2/q;;;+1;/p-1. The van der Waals surface area contributed by atoms with Crippen LogP contribution in [0.2, 0.25) is 0 Å². The van der Waals surface area contributed by atoms with Crippen LogP contribution < -0.4 is 40.8 Å². The van der Waals surface area contributed by atoms with Gasteiger partial charge in [0.25, 0.3) is 5.24 Å². The van der Waals surface area contributed by atoms with Gasteiger partial charge in [-0.3, -0.25) is 10.6 Å². The number of nitrogens with one attached hydrogen (secondary N) is 1. The number of benzene rings is 3. The molecule has 0 amide bonds. The van der Waals surface area contributed by atoms with Gasteiger partial charge in [-0.2, -0.15) is 0 Å². The first-order valence-electron chi connectivity index (χ1n) is 7.41. The van der Waals surface area contributed by atoms with E-state index in [4.69, 9.17) is 17.4 Å².